The highest BCUT2D eigenvalue weighted by atomic mass is 32.2. The van der Waals surface area contributed by atoms with Gasteiger partial charge in [0.1, 0.15) is 5.82 Å². The molecule has 0 saturated heterocycles. The normalized spacial score (nSPS) is 11.7. The average molecular weight is 284 g/mol. The predicted octanol–water partition coefficient (Wildman–Crippen LogP) is 0.620. The Bertz CT molecular complexity index is 696. The van der Waals surface area contributed by atoms with Crippen LogP contribution in [0.3, 0.4) is 0 Å². The van der Waals surface area contributed by atoms with E-state index in [-0.39, 0.29) is 17.1 Å². The van der Waals surface area contributed by atoms with Crippen LogP contribution in [0.5, 0.6) is 0 Å². The zero-order valence-corrected chi connectivity index (χ0v) is 11.0. The number of hydrogen-bond donors (Lipinski definition) is 2. The van der Waals surface area contributed by atoms with Crippen molar-refractivity contribution >= 4 is 15.7 Å². The third-order valence-corrected chi connectivity index (χ3v) is 4.05. The van der Waals surface area contributed by atoms with Crippen LogP contribution in [0.4, 0.5) is 10.1 Å². The van der Waals surface area contributed by atoms with E-state index in [1.807, 2.05) is 0 Å². The van der Waals surface area contributed by atoms with Gasteiger partial charge in [-0.3, -0.25) is 4.68 Å². The first-order valence-electron chi connectivity index (χ1n) is 5.42. The second kappa shape index (κ2) is 4.98. The molecule has 0 aliphatic rings. The summed E-state index contributed by atoms with van der Waals surface area (Å²) in [5, 5.41) is 3.92. The number of nitrogens with two attached hydrogens (primary N) is 1. The second-order valence-corrected chi connectivity index (χ2v) is 5.72. The molecular weight excluding hydrogens is 271 g/mol. The highest BCUT2D eigenvalue weighted by Gasteiger charge is 2.16. The number of nitrogens with zero attached hydrogens (tertiary/aromatic N) is 2. The first kappa shape index (κ1) is 13.5. The summed E-state index contributed by atoms with van der Waals surface area (Å²) in [4.78, 5) is -0.165. The van der Waals surface area contributed by atoms with Crippen LogP contribution in [0.2, 0.25) is 0 Å². The summed E-state index contributed by atoms with van der Waals surface area (Å²) in [5.74, 6) is -0.761. The summed E-state index contributed by atoms with van der Waals surface area (Å²) >= 11 is 0. The molecule has 8 heteroatoms. The Hall–Kier alpha value is -1.93. The molecule has 0 spiro atoms. The number of hydrogen-bond acceptors (Lipinski definition) is 4. The maximum Gasteiger partial charge on any atom is 0.241 e. The van der Waals surface area contributed by atoms with Crippen molar-refractivity contribution in [1.82, 2.24) is 14.5 Å². The lowest BCUT2D eigenvalue weighted by atomic mass is 10.3. The molecule has 102 valence electrons. The fraction of sp³-hybridized carbons (Fsp3) is 0.182. The Balaban J connectivity index is 2.18. The molecule has 0 bridgehead atoms. The number of aromatic nitrogens is 2. The van der Waals surface area contributed by atoms with Gasteiger partial charge in [0.25, 0.3) is 0 Å². The van der Waals surface area contributed by atoms with E-state index in [2.05, 4.69) is 9.82 Å². The molecule has 2 aromatic rings. The lowest BCUT2D eigenvalue weighted by Gasteiger charge is -2.07. The van der Waals surface area contributed by atoms with Crippen molar-refractivity contribution in [3.63, 3.8) is 0 Å². The first-order valence-corrected chi connectivity index (χ1v) is 6.90. The number of aryl methyl sites for hydroxylation is 1. The Morgan fingerprint density at radius 2 is 2.16 bits per heavy atom. The minimum atomic E-state index is -3.78. The molecule has 0 fully saturated rings. The van der Waals surface area contributed by atoms with E-state index in [1.54, 1.807) is 24.0 Å². The topological polar surface area (TPSA) is 90.0 Å². The summed E-state index contributed by atoms with van der Waals surface area (Å²) < 4.78 is 41.1. The largest absolute Gasteiger partial charge is 0.396 e. The van der Waals surface area contributed by atoms with Gasteiger partial charge in [0, 0.05) is 13.2 Å². The number of rotatable bonds is 4. The van der Waals surface area contributed by atoms with Crippen molar-refractivity contribution < 1.29 is 12.8 Å². The zero-order chi connectivity index (χ0) is 14.0. The highest BCUT2D eigenvalue weighted by molar-refractivity contribution is 7.89. The molecular formula is C11H13FN4O2S. The van der Waals surface area contributed by atoms with Crippen molar-refractivity contribution in [2.24, 2.45) is 7.05 Å². The second-order valence-electron chi connectivity index (χ2n) is 3.95. The van der Waals surface area contributed by atoms with Crippen LogP contribution >= 0.6 is 0 Å². The molecule has 0 unspecified atom stereocenters. The maximum atomic E-state index is 13.3. The van der Waals surface area contributed by atoms with Crippen LogP contribution in [0.25, 0.3) is 0 Å². The summed E-state index contributed by atoms with van der Waals surface area (Å²) in [6, 6.07) is 5.05. The van der Waals surface area contributed by atoms with Crippen molar-refractivity contribution in [3.8, 4) is 0 Å². The van der Waals surface area contributed by atoms with E-state index < -0.39 is 15.8 Å². The van der Waals surface area contributed by atoms with Crippen molar-refractivity contribution in [1.29, 1.82) is 0 Å². The first-order chi connectivity index (χ1) is 8.90. The van der Waals surface area contributed by atoms with Crippen LogP contribution in [0, 0.1) is 5.82 Å². The number of anilines is 1. The van der Waals surface area contributed by atoms with E-state index in [9.17, 15) is 12.8 Å². The van der Waals surface area contributed by atoms with Gasteiger partial charge in [-0.15, -0.1) is 0 Å². The van der Waals surface area contributed by atoms with Crippen molar-refractivity contribution in [2.75, 3.05) is 5.73 Å². The van der Waals surface area contributed by atoms with E-state index in [0.717, 1.165) is 6.07 Å². The van der Waals surface area contributed by atoms with Gasteiger partial charge in [0.05, 0.1) is 22.8 Å². The third kappa shape index (κ3) is 2.91. The standard InChI is InChI=1S/C11H13FN4O2S/c1-16-8(4-5-14-16)7-15-19(17,18)9-2-3-11(13)10(12)6-9/h2-6,15H,7,13H2,1H3. The molecule has 19 heavy (non-hydrogen) atoms. The Labute approximate surface area is 110 Å². The molecule has 0 aliphatic carbocycles. The fourth-order valence-corrected chi connectivity index (χ4v) is 2.51. The van der Waals surface area contributed by atoms with Gasteiger partial charge >= 0.3 is 0 Å². The van der Waals surface area contributed by atoms with Gasteiger partial charge in [0.15, 0.2) is 0 Å². The van der Waals surface area contributed by atoms with E-state index in [1.165, 1.54) is 12.1 Å². The smallest absolute Gasteiger partial charge is 0.241 e. The summed E-state index contributed by atoms with van der Waals surface area (Å²) in [6.07, 6.45) is 1.56. The SMILES string of the molecule is Cn1nccc1CNS(=O)(=O)c1ccc(N)c(F)c1. The maximum absolute atomic E-state index is 13.3. The molecule has 0 saturated carbocycles. The summed E-state index contributed by atoms with van der Waals surface area (Å²) in [5.41, 5.74) is 5.90. The fourth-order valence-electron chi connectivity index (χ4n) is 1.50. The van der Waals surface area contributed by atoms with Gasteiger partial charge in [-0.2, -0.15) is 5.10 Å². The molecule has 1 heterocycles. The van der Waals surface area contributed by atoms with Gasteiger partial charge in [-0.25, -0.2) is 17.5 Å². The van der Waals surface area contributed by atoms with Crippen LogP contribution in [-0.4, -0.2) is 18.2 Å². The number of benzene rings is 1. The van der Waals surface area contributed by atoms with Crippen molar-refractivity contribution in [2.45, 2.75) is 11.4 Å². The predicted molar refractivity (Wildman–Crippen MR) is 68.0 cm³/mol. The third-order valence-electron chi connectivity index (χ3n) is 2.65. The molecule has 6 nitrogen and oxygen atoms in total. The molecule has 2 rings (SSSR count). The van der Waals surface area contributed by atoms with Gasteiger partial charge in [-0.05, 0) is 24.3 Å². The van der Waals surface area contributed by atoms with E-state index in [0.29, 0.717) is 5.69 Å². The van der Waals surface area contributed by atoms with Gasteiger partial charge in [-0.1, -0.05) is 0 Å². The van der Waals surface area contributed by atoms with Crippen LogP contribution in [-0.2, 0) is 23.6 Å². The quantitative estimate of drug-likeness (QED) is 0.805. The Kier molecular flexibility index (Phi) is 3.54. The average Bonchev–Trinajstić information content (AvgIpc) is 2.76. The summed E-state index contributed by atoms with van der Waals surface area (Å²) in [6.45, 7) is 0.0742. The van der Waals surface area contributed by atoms with Gasteiger partial charge < -0.3 is 5.73 Å². The molecule has 0 amide bonds. The Morgan fingerprint density at radius 1 is 1.42 bits per heavy atom. The molecule has 0 aliphatic heterocycles. The van der Waals surface area contributed by atoms with Crippen LogP contribution in [0.15, 0.2) is 35.4 Å². The molecule has 0 atom stereocenters. The summed E-state index contributed by atoms with van der Waals surface area (Å²) in [7, 11) is -2.08. The number of nitrogens with one attached hydrogen (secondary N) is 1. The zero-order valence-electron chi connectivity index (χ0n) is 10.2. The molecule has 3 N–H and O–H groups in total. The van der Waals surface area contributed by atoms with Crippen molar-refractivity contribution in [3.05, 3.63) is 42.0 Å². The lowest BCUT2D eigenvalue weighted by molar-refractivity contribution is 0.574. The lowest BCUT2D eigenvalue weighted by Crippen LogP contribution is -2.24. The molecule has 1 aromatic heterocycles. The van der Waals surface area contributed by atoms with Crippen LogP contribution in [0.1, 0.15) is 5.69 Å². The monoisotopic (exact) mass is 284 g/mol. The minimum Gasteiger partial charge on any atom is -0.396 e. The number of nitrogen functional groups attached to an aromatic ring is 1. The number of halogens is 1. The molecule has 0 radical (unpaired) electrons. The Morgan fingerprint density at radius 3 is 2.74 bits per heavy atom. The minimum absolute atomic E-state index is 0.0742. The molecule has 1 aromatic carbocycles. The van der Waals surface area contributed by atoms with Crippen LogP contribution < -0.4 is 10.5 Å². The van der Waals surface area contributed by atoms with Gasteiger partial charge in [0.2, 0.25) is 10.0 Å². The van der Waals surface area contributed by atoms with E-state index in [4.69, 9.17) is 5.73 Å². The highest BCUT2D eigenvalue weighted by Crippen LogP contribution is 2.16. The van der Waals surface area contributed by atoms with E-state index >= 15 is 0 Å². The number of sulfonamides is 1.